The van der Waals surface area contributed by atoms with Gasteiger partial charge in [0.05, 0.1) is 27.6 Å². The number of fused-ring (bicyclic) bond motifs is 3. The van der Waals surface area contributed by atoms with Gasteiger partial charge in [-0.3, -0.25) is 9.59 Å². The first-order chi connectivity index (χ1) is 19.9. The Morgan fingerprint density at radius 3 is 2.48 bits per heavy atom. The maximum atomic E-state index is 12.2. The Kier molecular flexibility index (Phi) is 10.1. The Balaban J connectivity index is 1.55. The summed E-state index contributed by atoms with van der Waals surface area (Å²) in [6.07, 6.45) is 3.00. The van der Waals surface area contributed by atoms with E-state index in [2.05, 4.69) is 22.6 Å². The molecule has 0 aliphatic carbocycles. The molecule has 1 saturated heterocycles. The molecule has 0 aromatic heterocycles. The van der Waals surface area contributed by atoms with Crippen LogP contribution in [0.5, 0.6) is 0 Å². The molecular weight excluding hydrogens is 588 g/mol. The molecule has 2 amide bonds. The van der Waals surface area contributed by atoms with Crippen LogP contribution in [-0.2, 0) is 44.1 Å². The second kappa shape index (κ2) is 13.2. The first-order valence-electron chi connectivity index (χ1n) is 13.7. The molecule has 2 aromatic rings. The molecule has 4 rings (SSSR count). The van der Waals surface area contributed by atoms with E-state index in [1.54, 1.807) is 0 Å². The van der Waals surface area contributed by atoms with Crippen LogP contribution in [0.1, 0.15) is 76.3 Å². The minimum absolute atomic E-state index is 0.0440. The smallest absolute Gasteiger partial charge is 0.333 e. The predicted molar refractivity (Wildman–Crippen MR) is 152 cm³/mol. The highest BCUT2D eigenvalue weighted by Gasteiger charge is 2.47. The molecule has 0 radical (unpaired) electrons. The zero-order valence-corrected chi connectivity index (χ0v) is 25.3. The van der Waals surface area contributed by atoms with E-state index in [4.69, 9.17) is 14.4 Å². The summed E-state index contributed by atoms with van der Waals surface area (Å²) < 4.78 is 40.7. The third-order valence-electron chi connectivity index (χ3n) is 7.95. The lowest BCUT2D eigenvalue weighted by molar-refractivity contribution is -0.438. The van der Waals surface area contributed by atoms with Gasteiger partial charge in [0.2, 0.25) is 5.69 Å². The Bertz CT molecular complexity index is 1520. The number of aryl methyl sites for hydroxylation is 1. The van der Waals surface area contributed by atoms with Gasteiger partial charge in [-0.2, -0.15) is 4.58 Å². The number of hydroxylamine groups is 2. The number of benzene rings is 2. The Morgan fingerprint density at radius 1 is 1.10 bits per heavy atom. The van der Waals surface area contributed by atoms with Crippen LogP contribution in [0.2, 0.25) is 0 Å². The topological polar surface area (TPSA) is 163 Å². The number of nitrogens with zero attached hydrogens (tertiary/aromatic N) is 2. The van der Waals surface area contributed by atoms with Crippen LogP contribution in [0.4, 0.5) is 5.69 Å². The summed E-state index contributed by atoms with van der Waals surface area (Å²) in [6.45, 7) is 6.44. The molecule has 2 aromatic carbocycles. The van der Waals surface area contributed by atoms with E-state index >= 15 is 0 Å². The summed E-state index contributed by atoms with van der Waals surface area (Å²) in [7, 11) is -4.35. The van der Waals surface area contributed by atoms with Crippen molar-refractivity contribution in [2.45, 2.75) is 82.4 Å². The van der Waals surface area contributed by atoms with E-state index in [1.807, 2.05) is 32.0 Å². The van der Waals surface area contributed by atoms with E-state index in [0.29, 0.717) is 30.9 Å². The fraction of sp³-hybridized carbons (Fsp3) is 0.500. The summed E-state index contributed by atoms with van der Waals surface area (Å²) in [6, 6.07) is 7.90. The molecule has 1 fully saturated rings. The molecule has 42 heavy (non-hydrogen) atoms. The zero-order valence-electron chi connectivity index (χ0n) is 23.7. The molecule has 2 heterocycles. The van der Waals surface area contributed by atoms with Gasteiger partial charge in [-0.25, -0.2) is 18.5 Å². The van der Waals surface area contributed by atoms with E-state index in [0.717, 1.165) is 56.7 Å². The van der Waals surface area contributed by atoms with E-state index in [1.165, 1.54) is 0 Å². The summed E-state index contributed by atoms with van der Waals surface area (Å²) >= 11 is 0.883. The van der Waals surface area contributed by atoms with Crippen molar-refractivity contribution in [1.29, 1.82) is 0 Å². The largest absolute Gasteiger partial charge is 0.748 e. The number of carbonyl (C=O) groups excluding carboxylic acids is 3. The van der Waals surface area contributed by atoms with Gasteiger partial charge in [-0.15, -0.1) is 9.40 Å². The summed E-state index contributed by atoms with van der Waals surface area (Å²) in [5.74, 6) is -2.11. The average molecular weight is 623 g/mol. The van der Waals surface area contributed by atoms with Crippen LogP contribution in [-0.4, -0.2) is 63.7 Å². The number of unbranched alkanes of at least 4 members (excludes halogenated alkanes) is 2. The zero-order chi connectivity index (χ0) is 30.7. The van der Waals surface area contributed by atoms with Crippen molar-refractivity contribution in [3.05, 3.63) is 35.4 Å². The third kappa shape index (κ3) is 7.01. The average Bonchev–Trinajstić information content (AvgIpc) is 3.34. The van der Waals surface area contributed by atoms with E-state index in [9.17, 15) is 27.4 Å². The second-order valence-electron chi connectivity index (χ2n) is 10.8. The van der Waals surface area contributed by atoms with Crippen LogP contribution in [0.25, 0.3) is 10.8 Å². The predicted octanol–water partition coefficient (Wildman–Crippen LogP) is 4.45. The van der Waals surface area contributed by atoms with Crippen molar-refractivity contribution < 1.29 is 51.4 Å². The van der Waals surface area contributed by atoms with Crippen molar-refractivity contribution in [3.8, 4) is 0 Å². The standard InChI is InChI=1S/C28H34N2O10S2/c1-18-16-21-20(23(17-18)41-40-39-34)9-10-22-27(21)28(3,19(2)29(22)14-7-15-42(35,36)37)13-6-4-5-8-26(33)38-30-24(31)11-12-25(30)32/h9-10,16-17H,4-8,11-15H2,1-3H3,(H-,34,35,36,37). The first kappa shape index (κ1) is 32.0. The van der Waals surface area contributed by atoms with Gasteiger partial charge < -0.3 is 9.39 Å². The number of rotatable bonds is 14. The van der Waals surface area contributed by atoms with Gasteiger partial charge in [0.25, 0.3) is 11.8 Å². The number of imide groups is 1. The molecule has 0 bridgehead atoms. The third-order valence-corrected chi connectivity index (χ3v) is 9.39. The van der Waals surface area contributed by atoms with Gasteiger partial charge in [0.1, 0.15) is 6.54 Å². The quantitative estimate of drug-likeness (QED) is 0.0602. The fourth-order valence-corrected chi connectivity index (χ4v) is 6.92. The lowest BCUT2D eigenvalue weighted by Crippen LogP contribution is -2.32. The summed E-state index contributed by atoms with van der Waals surface area (Å²) in [4.78, 5) is 41.3. The Morgan fingerprint density at radius 2 is 1.81 bits per heavy atom. The van der Waals surface area contributed by atoms with Crippen molar-refractivity contribution in [1.82, 2.24) is 5.06 Å². The number of hydrogen-bond donors (Lipinski definition) is 1. The normalized spacial score (nSPS) is 18.8. The maximum absolute atomic E-state index is 12.2. The first-order valence-corrected chi connectivity index (χ1v) is 16.0. The van der Waals surface area contributed by atoms with Gasteiger partial charge in [0.15, 0.2) is 5.71 Å². The number of amides is 2. The number of hydrogen-bond acceptors (Lipinski definition) is 11. The highest BCUT2D eigenvalue weighted by atomic mass is 32.2. The molecule has 14 heteroatoms. The summed E-state index contributed by atoms with van der Waals surface area (Å²) in [5, 5.41) is 14.9. The maximum Gasteiger partial charge on any atom is 0.333 e. The highest BCUT2D eigenvalue weighted by Crippen LogP contribution is 2.48. The Labute approximate surface area is 248 Å². The van der Waals surface area contributed by atoms with Crippen LogP contribution in [0, 0.1) is 6.92 Å². The molecule has 1 atom stereocenters. The van der Waals surface area contributed by atoms with Crippen LogP contribution in [0.3, 0.4) is 0 Å². The highest BCUT2D eigenvalue weighted by molar-refractivity contribution is 7.94. The molecule has 0 spiro atoms. The van der Waals surface area contributed by atoms with Crippen LogP contribution >= 0.6 is 12.0 Å². The Hall–Kier alpha value is -2.88. The molecule has 12 nitrogen and oxygen atoms in total. The SMILES string of the molecule is CC1=[N+](CCCS(=O)(=O)[O-])c2ccc3c(SOOO)cc(C)cc3c2C1(C)CCCCCC(=O)ON1C(=O)CCC1=O. The van der Waals surface area contributed by atoms with Crippen LogP contribution in [0.15, 0.2) is 29.2 Å². The molecule has 1 N–H and O–H groups in total. The fourth-order valence-electron chi connectivity index (χ4n) is 5.84. The minimum atomic E-state index is -4.35. The minimum Gasteiger partial charge on any atom is -0.748 e. The molecule has 2 aliphatic rings. The molecular formula is C28H34N2O10S2. The van der Waals surface area contributed by atoms with Crippen molar-refractivity contribution >= 4 is 62.1 Å². The number of carbonyl (C=O) groups is 3. The molecule has 228 valence electrons. The molecule has 0 saturated carbocycles. The van der Waals surface area contributed by atoms with Crippen molar-refractivity contribution in [3.63, 3.8) is 0 Å². The van der Waals surface area contributed by atoms with Gasteiger partial charge >= 0.3 is 5.97 Å². The van der Waals surface area contributed by atoms with Crippen molar-refractivity contribution in [2.24, 2.45) is 0 Å². The van der Waals surface area contributed by atoms with Crippen LogP contribution < -0.4 is 0 Å². The summed E-state index contributed by atoms with van der Waals surface area (Å²) in [5.41, 5.74) is 3.51. The lowest BCUT2D eigenvalue weighted by Gasteiger charge is -2.24. The molecule has 2 aliphatic heterocycles. The van der Waals surface area contributed by atoms with Gasteiger partial charge in [-0.1, -0.05) is 23.9 Å². The molecule has 1 unspecified atom stereocenters. The van der Waals surface area contributed by atoms with Crippen molar-refractivity contribution in [2.75, 3.05) is 12.3 Å². The van der Waals surface area contributed by atoms with E-state index < -0.39 is 39.1 Å². The second-order valence-corrected chi connectivity index (χ2v) is 13.1. The van der Waals surface area contributed by atoms with Gasteiger partial charge in [0, 0.05) is 54.9 Å². The van der Waals surface area contributed by atoms with E-state index in [-0.39, 0.29) is 25.7 Å². The lowest BCUT2D eigenvalue weighted by atomic mass is 9.74. The monoisotopic (exact) mass is 622 g/mol. The van der Waals surface area contributed by atoms with Gasteiger partial charge in [-0.05, 0) is 55.2 Å².